The summed E-state index contributed by atoms with van der Waals surface area (Å²) in [6.45, 7) is 2.08. The highest BCUT2D eigenvalue weighted by molar-refractivity contribution is 9.11. The smallest absolute Gasteiger partial charge is 0.124 e. The molecule has 1 atom stereocenters. The van der Waals surface area contributed by atoms with Crippen molar-refractivity contribution in [3.05, 3.63) is 69.4 Å². The molecule has 0 N–H and O–H groups in total. The lowest BCUT2D eigenvalue weighted by Gasteiger charge is -2.13. The van der Waals surface area contributed by atoms with E-state index < -0.39 is 0 Å². The zero-order valence-corrected chi connectivity index (χ0v) is 13.1. The van der Waals surface area contributed by atoms with Gasteiger partial charge in [-0.05, 0) is 36.6 Å². The van der Waals surface area contributed by atoms with Gasteiger partial charge >= 0.3 is 0 Å². The van der Waals surface area contributed by atoms with Gasteiger partial charge in [-0.15, -0.1) is 0 Å². The lowest BCUT2D eigenvalue weighted by molar-refractivity contribution is 0.626. The van der Waals surface area contributed by atoms with Crippen molar-refractivity contribution in [2.45, 2.75) is 18.2 Å². The molecule has 1 unspecified atom stereocenters. The van der Waals surface area contributed by atoms with Crippen molar-refractivity contribution >= 4 is 31.9 Å². The fraction of sp³-hybridized carbons (Fsp3) is 0.200. The van der Waals surface area contributed by atoms with Crippen LogP contribution in [0, 0.1) is 12.7 Å². The first-order chi connectivity index (χ1) is 8.56. The van der Waals surface area contributed by atoms with Crippen LogP contribution < -0.4 is 0 Å². The van der Waals surface area contributed by atoms with Gasteiger partial charge < -0.3 is 0 Å². The summed E-state index contributed by atoms with van der Waals surface area (Å²) in [4.78, 5) is 0.175. The summed E-state index contributed by atoms with van der Waals surface area (Å²) in [6.07, 6.45) is 0.881. The van der Waals surface area contributed by atoms with Crippen LogP contribution in [-0.4, -0.2) is 0 Å². The van der Waals surface area contributed by atoms with Gasteiger partial charge in [0.2, 0.25) is 0 Å². The summed E-state index contributed by atoms with van der Waals surface area (Å²) in [5.41, 5.74) is 3.59. The standard InChI is InChI=1S/C15H13Br2F/c1-10-3-2-4-11(7-10)8-14(16)13-6-5-12(18)9-15(13)17/h2-7,9,14H,8H2,1H3. The van der Waals surface area contributed by atoms with Crippen LogP contribution in [0.3, 0.4) is 0 Å². The van der Waals surface area contributed by atoms with Crippen LogP contribution in [0.2, 0.25) is 0 Å². The average Bonchev–Trinajstić information content (AvgIpc) is 2.28. The lowest BCUT2D eigenvalue weighted by Crippen LogP contribution is -1.97. The van der Waals surface area contributed by atoms with E-state index in [0.717, 1.165) is 16.5 Å². The van der Waals surface area contributed by atoms with Crippen LogP contribution in [0.5, 0.6) is 0 Å². The van der Waals surface area contributed by atoms with Crippen molar-refractivity contribution in [1.82, 2.24) is 0 Å². The Kier molecular flexibility index (Phi) is 4.57. The van der Waals surface area contributed by atoms with Crippen molar-refractivity contribution in [3.8, 4) is 0 Å². The van der Waals surface area contributed by atoms with Gasteiger partial charge in [0.1, 0.15) is 5.82 Å². The number of aryl methyl sites for hydroxylation is 1. The van der Waals surface area contributed by atoms with Crippen LogP contribution >= 0.6 is 31.9 Å². The fourth-order valence-corrected chi connectivity index (χ4v) is 3.62. The molecule has 0 spiro atoms. The number of rotatable bonds is 3. The monoisotopic (exact) mass is 370 g/mol. The minimum atomic E-state index is -0.221. The maximum absolute atomic E-state index is 13.0. The molecule has 0 saturated heterocycles. The molecule has 0 radical (unpaired) electrons. The van der Waals surface area contributed by atoms with E-state index in [1.807, 2.05) is 6.07 Å². The maximum atomic E-state index is 13.0. The summed E-state index contributed by atoms with van der Waals surface area (Å²) in [5.74, 6) is -0.221. The van der Waals surface area contributed by atoms with Crippen molar-refractivity contribution in [2.75, 3.05) is 0 Å². The topological polar surface area (TPSA) is 0 Å². The summed E-state index contributed by atoms with van der Waals surface area (Å²) < 4.78 is 13.8. The number of benzene rings is 2. The molecule has 0 aliphatic carbocycles. The van der Waals surface area contributed by atoms with Crippen molar-refractivity contribution in [1.29, 1.82) is 0 Å². The Hall–Kier alpha value is -0.670. The van der Waals surface area contributed by atoms with E-state index in [2.05, 4.69) is 63.0 Å². The Morgan fingerprint density at radius 3 is 2.61 bits per heavy atom. The SMILES string of the molecule is Cc1cccc(CC(Br)c2ccc(F)cc2Br)c1. The second kappa shape index (κ2) is 5.98. The number of halogens is 3. The van der Waals surface area contributed by atoms with E-state index in [4.69, 9.17) is 0 Å². The normalized spacial score (nSPS) is 12.4. The van der Waals surface area contributed by atoms with Crippen molar-refractivity contribution in [2.24, 2.45) is 0 Å². The third-order valence-corrected chi connectivity index (χ3v) is 4.30. The zero-order chi connectivity index (χ0) is 13.1. The van der Waals surface area contributed by atoms with Crippen LogP contribution in [0.1, 0.15) is 21.5 Å². The predicted octanol–water partition coefficient (Wildman–Crippen LogP) is 5.58. The molecule has 0 aliphatic rings. The Bertz CT molecular complexity index is 552. The van der Waals surface area contributed by atoms with Crippen LogP contribution in [0.25, 0.3) is 0 Å². The van der Waals surface area contributed by atoms with E-state index in [0.29, 0.717) is 0 Å². The highest BCUT2D eigenvalue weighted by atomic mass is 79.9. The van der Waals surface area contributed by atoms with Crippen molar-refractivity contribution in [3.63, 3.8) is 0 Å². The molecule has 2 rings (SSSR count). The second-order valence-corrected chi connectivity index (χ2v) is 6.29. The van der Waals surface area contributed by atoms with Gasteiger partial charge in [0, 0.05) is 9.30 Å². The van der Waals surface area contributed by atoms with E-state index in [1.54, 1.807) is 0 Å². The van der Waals surface area contributed by atoms with Crippen LogP contribution in [0.4, 0.5) is 4.39 Å². The molecule has 0 aliphatic heterocycles. The molecule has 2 aromatic rings. The molecular formula is C15H13Br2F. The first-order valence-corrected chi connectivity index (χ1v) is 7.41. The first-order valence-electron chi connectivity index (χ1n) is 5.71. The van der Waals surface area contributed by atoms with Gasteiger partial charge in [-0.3, -0.25) is 0 Å². The van der Waals surface area contributed by atoms with Gasteiger partial charge in [-0.25, -0.2) is 4.39 Å². The summed E-state index contributed by atoms with van der Waals surface area (Å²) in [7, 11) is 0. The van der Waals surface area contributed by atoms with Gasteiger partial charge in [-0.1, -0.05) is 67.8 Å². The van der Waals surface area contributed by atoms with Crippen molar-refractivity contribution < 1.29 is 4.39 Å². The molecule has 0 nitrogen and oxygen atoms in total. The van der Waals surface area contributed by atoms with Crippen LogP contribution in [0.15, 0.2) is 46.9 Å². The Balaban J connectivity index is 2.19. The van der Waals surface area contributed by atoms with Gasteiger partial charge in [0.05, 0.1) is 0 Å². The van der Waals surface area contributed by atoms with Crippen LogP contribution in [-0.2, 0) is 6.42 Å². The average molecular weight is 372 g/mol. The minimum Gasteiger partial charge on any atom is -0.207 e. The molecule has 0 saturated carbocycles. The molecule has 0 aromatic heterocycles. The lowest BCUT2D eigenvalue weighted by atomic mass is 10.0. The predicted molar refractivity (Wildman–Crippen MR) is 80.7 cm³/mol. The van der Waals surface area contributed by atoms with E-state index in [1.165, 1.54) is 23.3 Å². The Labute approximate surface area is 123 Å². The molecule has 2 aromatic carbocycles. The molecule has 3 heteroatoms. The third kappa shape index (κ3) is 3.42. The largest absolute Gasteiger partial charge is 0.207 e. The quantitative estimate of drug-likeness (QED) is 0.618. The summed E-state index contributed by atoms with van der Waals surface area (Å²) in [5, 5.41) is 0. The Morgan fingerprint density at radius 1 is 1.17 bits per heavy atom. The molecule has 0 bridgehead atoms. The summed E-state index contributed by atoms with van der Waals surface area (Å²) >= 11 is 7.08. The molecule has 0 heterocycles. The van der Waals surface area contributed by atoms with E-state index in [9.17, 15) is 4.39 Å². The molecule has 0 amide bonds. The van der Waals surface area contributed by atoms with Gasteiger partial charge in [-0.2, -0.15) is 0 Å². The third-order valence-electron chi connectivity index (χ3n) is 2.80. The molecular weight excluding hydrogens is 359 g/mol. The number of hydrogen-bond donors (Lipinski definition) is 0. The molecule has 0 fully saturated rings. The zero-order valence-electron chi connectivity index (χ0n) is 9.96. The highest BCUT2D eigenvalue weighted by Crippen LogP contribution is 2.33. The fourth-order valence-electron chi connectivity index (χ4n) is 1.91. The maximum Gasteiger partial charge on any atom is 0.124 e. The van der Waals surface area contributed by atoms with E-state index >= 15 is 0 Å². The Morgan fingerprint density at radius 2 is 1.94 bits per heavy atom. The van der Waals surface area contributed by atoms with Gasteiger partial charge in [0.25, 0.3) is 0 Å². The number of hydrogen-bond acceptors (Lipinski definition) is 0. The highest BCUT2D eigenvalue weighted by Gasteiger charge is 2.12. The minimum absolute atomic E-state index is 0.175. The van der Waals surface area contributed by atoms with Gasteiger partial charge in [0.15, 0.2) is 0 Å². The number of alkyl halides is 1. The second-order valence-electron chi connectivity index (χ2n) is 4.33. The molecule has 94 valence electrons. The molecule has 18 heavy (non-hydrogen) atoms. The first kappa shape index (κ1) is 13.8. The summed E-state index contributed by atoms with van der Waals surface area (Å²) in [6, 6.07) is 13.2. The van der Waals surface area contributed by atoms with E-state index in [-0.39, 0.29) is 10.6 Å².